The summed E-state index contributed by atoms with van der Waals surface area (Å²) in [5.74, 6) is -0.763. The molecule has 0 bridgehead atoms. The van der Waals surface area contributed by atoms with E-state index in [-0.39, 0.29) is 28.5 Å². The Kier molecular flexibility index (Phi) is 5.45. The zero-order valence-corrected chi connectivity index (χ0v) is 13.7. The van der Waals surface area contributed by atoms with Gasteiger partial charge in [-0.25, -0.2) is 4.98 Å². The number of alkyl halides is 6. The van der Waals surface area contributed by atoms with Crippen molar-refractivity contribution >= 4 is 17.5 Å². The average Bonchev–Trinajstić information content (AvgIpc) is 2.51. The molecule has 0 unspecified atom stereocenters. The molecule has 0 fully saturated rings. The summed E-state index contributed by atoms with van der Waals surface area (Å²) >= 11 is 5.72. The molecule has 0 saturated carbocycles. The Morgan fingerprint density at radius 2 is 1.81 bits per heavy atom. The predicted octanol–water partition coefficient (Wildman–Crippen LogP) is 4.41. The van der Waals surface area contributed by atoms with Gasteiger partial charge in [-0.2, -0.15) is 26.3 Å². The van der Waals surface area contributed by atoms with Crippen molar-refractivity contribution in [2.24, 2.45) is 0 Å². The Morgan fingerprint density at radius 3 is 2.31 bits per heavy atom. The average molecular weight is 398 g/mol. The summed E-state index contributed by atoms with van der Waals surface area (Å²) in [5, 5.41) is 2.02. The van der Waals surface area contributed by atoms with Gasteiger partial charge in [0.2, 0.25) is 0 Å². The SMILES string of the molecule is Cc1nc(C(F)(F)F)ccc1C(=O)NCc1ncc(C(F)(F)F)cc1Cl. The van der Waals surface area contributed by atoms with E-state index in [2.05, 4.69) is 15.3 Å². The number of hydrogen-bond donors (Lipinski definition) is 1. The van der Waals surface area contributed by atoms with E-state index in [9.17, 15) is 31.1 Å². The van der Waals surface area contributed by atoms with E-state index in [4.69, 9.17) is 11.6 Å². The number of aromatic nitrogens is 2. The second kappa shape index (κ2) is 7.10. The highest BCUT2D eigenvalue weighted by Crippen LogP contribution is 2.31. The first-order chi connectivity index (χ1) is 11.9. The van der Waals surface area contributed by atoms with Gasteiger partial charge >= 0.3 is 12.4 Å². The van der Waals surface area contributed by atoms with Crippen LogP contribution in [0.25, 0.3) is 0 Å². The van der Waals surface area contributed by atoms with Crippen LogP contribution in [-0.2, 0) is 18.9 Å². The molecule has 0 radical (unpaired) electrons. The maximum atomic E-state index is 12.6. The maximum Gasteiger partial charge on any atom is 0.433 e. The van der Waals surface area contributed by atoms with Gasteiger partial charge in [-0.1, -0.05) is 11.6 Å². The molecule has 2 aromatic rings. The first-order valence-corrected chi connectivity index (χ1v) is 7.32. The van der Waals surface area contributed by atoms with Crippen molar-refractivity contribution < 1.29 is 31.1 Å². The van der Waals surface area contributed by atoms with Crippen molar-refractivity contribution in [3.8, 4) is 0 Å². The topological polar surface area (TPSA) is 54.9 Å². The molecule has 2 aromatic heterocycles. The molecule has 26 heavy (non-hydrogen) atoms. The van der Waals surface area contributed by atoms with Gasteiger partial charge in [0.1, 0.15) is 5.69 Å². The van der Waals surface area contributed by atoms with Crippen molar-refractivity contribution in [1.29, 1.82) is 0 Å². The highest BCUT2D eigenvalue weighted by Gasteiger charge is 2.33. The molecular formula is C15H10ClF6N3O. The summed E-state index contributed by atoms with van der Waals surface area (Å²) in [4.78, 5) is 18.9. The van der Waals surface area contributed by atoms with Crippen molar-refractivity contribution in [3.63, 3.8) is 0 Å². The summed E-state index contributed by atoms with van der Waals surface area (Å²) in [6, 6.07) is 2.29. The van der Waals surface area contributed by atoms with E-state index < -0.39 is 29.5 Å². The number of nitrogens with one attached hydrogen (secondary N) is 1. The molecule has 0 aromatic carbocycles. The summed E-state index contributed by atoms with van der Waals surface area (Å²) < 4.78 is 75.3. The number of rotatable bonds is 3. The minimum atomic E-state index is -4.64. The molecule has 11 heteroatoms. The van der Waals surface area contributed by atoms with Gasteiger partial charge in [0, 0.05) is 6.20 Å². The molecule has 0 aliphatic carbocycles. The maximum absolute atomic E-state index is 12.6. The minimum Gasteiger partial charge on any atom is -0.346 e. The fraction of sp³-hybridized carbons (Fsp3) is 0.267. The second-order valence-corrected chi connectivity index (χ2v) is 5.57. The Balaban J connectivity index is 2.12. The van der Waals surface area contributed by atoms with Gasteiger partial charge in [0.15, 0.2) is 0 Å². The minimum absolute atomic E-state index is 0.0226. The van der Waals surface area contributed by atoms with E-state index >= 15 is 0 Å². The number of nitrogens with zero attached hydrogens (tertiary/aromatic N) is 2. The van der Waals surface area contributed by atoms with Crippen LogP contribution in [0.1, 0.15) is 33.0 Å². The summed E-state index contributed by atoms with van der Waals surface area (Å²) in [6.07, 6.45) is -8.68. The van der Waals surface area contributed by atoms with Gasteiger partial charge in [-0.3, -0.25) is 9.78 Å². The zero-order chi connectivity index (χ0) is 19.7. The van der Waals surface area contributed by atoms with Gasteiger partial charge in [0.05, 0.1) is 34.1 Å². The van der Waals surface area contributed by atoms with E-state index in [0.717, 1.165) is 6.07 Å². The summed E-state index contributed by atoms with van der Waals surface area (Å²) in [6.45, 7) is 0.920. The van der Waals surface area contributed by atoms with Gasteiger partial charge in [-0.15, -0.1) is 0 Å². The van der Waals surface area contributed by atoms with Crippen LogP contribution < -0.4 is 5.32 Å². The number of amides is 1. The highest BCUT2D eigenvalue weighted by atomic mass is 35.5. The molecule has 140 valence electrons. The quantitative estimate of drug-likeness (QED) is 0.781. The van der Waals surface area contributed by atoms with E-state index in [1.165, 1.54) is 6.92 Å². The first kappa shape index (κ1) is 20.0. The molecule has 0 aliphatic rings. The summed E-state index contributed by atoms with van der Waals surface area (Å²) in [7, 11) is 0. The molecule has 2 rings (SSSR count). The number of aryl methyl sites for hydroxylation is 1. The third kappa shape index (κ3) is 4.63. The van der Waals surface area contributed by atoms with E-state index in [1.807, 2.05) is 0 Å². The summed E-state index contributed by atoms with van der Waals surface area (Å²) in [5.41, 5.74) is -2.46. The third-order valence-corrected chi connectivity index (χ3v) is 3.61. The lowest BCUT2D eigenvalue weighted by atomic mass is 10.1. The van der Waals surface area contributed by atoms with Crippen LogP contribution >= 0.6 is 11.6 Å². The lowest BCUT2D eigenvalue weighted by Gasteiger charge is -2.12. The fourth-order valence-electron chi connectivity index (χ4n) is 1.97. The molecule has 0 spiro atoms. The monoisotopic (exact) mass is 397 g/mol. The van der Waals surface area contributed by atoms with Crippen LogP contribution in [-0.4, -0.2) is 15.9 Å². The number of carbonyl (C=O) groups is 1. The molecule has 4 nitrogen and oxygen atoms in total. The lowest BCUT2D eigenvalue weighted by Crippen LogP contribution is -2.25. The molecule has 0 aliphatic heterocycles. The van der Waals surface area contributed by atoms with Gasteiger partial charge < -0.3 is 5.32 Å². The first-order valence-electron chi connectivity index (χ1n) is 6.94. The van der Waals surface area contributed by atoms with Crippen LogP contribution in [0.3, 0.4) is 0 Å². The second-order valence-electron chi connectivity index (χ2n) is 5.16. The Bertz CT molecular complexity index is 835. The highest BCUT2D eigenvalue weighted by molar-refractivity contribution is 6.31. The molecule has 0 atom stereocenters. The lowest BCUT2D eigenvalue weighted by molar-refractivity contribution is -0.141. The molecular weight excluding hydrogens is 388 g/mol. The predicted molar refractivity (Wildman–Crippen MR) is 79.4 cm³/mol. The van der Waals surface area contributed by atoms with Crippen molar-refractivity contribution in [3.05, 3.63) is 57.6 Å². The van der Waals surface area contributed by atoms with Crippen molar-refractivity contribution in [2.75, 3.05) is 0 Å². The standard InChI is InChI=1S/C15H10ClF6N3O/c1-7-9(2-3-12(25-7)15(20,21)22)13(26)24-6-11-10(16)4-8(5-23-11)14(17,18)19/h2-5H,6H2,1H3,(H,24,26). The number of carbonyl (C=O) groups excluding carboxylic acids is 1. The normalized spacial score (nSPS) is 12.2. The molecule has 2 heterocycles. The Hall–Kier alpha value is -2.36. The molecule has 0 saturated heterocycles. The van der Waals surface area contributed by atoms with Crippen molar-refractivity contribution in [1.82, 2.24) is 15.3 Å². The molecule has 1 amide bonds. The molecule has 1 N–H and O–H groups in total. The largest absolute Gasteiger partial charge is 0.433 e. The number of hydrogen-bond acceptors (Lipinski definition) is 3. The van der Waals surface area contributed by atoms with Crippen LogP contribution in [0, 0.1) is 6.92 Å². The van der Waals surface area contributed by atoms with E-state index in [0.29, 0.717) is 18.3 Å². The van der Waals surface area contributed by atoms with Crippen molar-refractivity contribution in [2.45, 2.75) is 25.8 Å². The van der Waals surface area contributed by atoms with Gasteiger partial charge in [-0.05, 0) is 25.1 Å². The Morgan fingerprint density at radius 1 is 1.15 bits per heavy atom. The number of halogens is 7. The fourth-order valence-corrected chi connectivity index (χ4v) is 2.20. The van der Waals surface area contributed by atoms with Gasteiger partial charge in [0.25, 0.3) is 5.91 Å². The van der Waals surface area contributed by atoms with Crippen LogP contribution in [0.4, 0.5) is 26.3 Å². The zero-order valence-electron chi connectivity index (χ0n) is 13.0. The van der Waals surface area contributed by atoms with Crippen LogP contribution in [0.5, 0.6) is 0 Å². The number of pyridine rings is 2. The van der Waals surface area contributed by atoms with Crippen LogP contribution in [0.2, 0.25) is 5.02 Å². The Labute approximate surface area is 148 Å². The van der Waals surface area contributed by atoms with E-state index in [1.54, 1.807) is 0 Å². The smallest absolute Gasteiger partial charge is 0.346 e. The van der Waals surface area contributed by atoms with Crippen LogP contribution in [0.15, 0.2) is 24.4 Å². The third-order valence-electron chi connectivity index (χ3n) is 3.28.